The molecule has 2 unspecified atom stereocenters. The lowest BCUT2D eigenvalue weighted by Crippen LogP contribution is -2.47. The molecule has 0 radical (unpaired) electrons. The van der Waals surface area contributed by atoms with Crippen LogP contribution in [-0.4, -0.2) is 49.6 Å². The van der Waals surface area contributed by atoms with E-state index in [1.165, 1.54) is 36.1 Å². The maximum atomic E-state index is 6.10. The van der Waals surface area contributed by atoms with Gasteiger partial charge in [0.25, 0.3) is 0 Å². The number of rotatable bonds is 4. The Balaban J connectivity index is 2.18. The zero-order valence-corrected chi connectivity index (χ0v) is 13.4. The Morgan fingerprint density at radius 3 is 2.75 bits per heavy atom. The van der Waals surface area contributed by atoms with Gasteiger partial charge in [-0.1, -0.05) is 23.8 Å². The highest BCUT2D eigenvalue weighted by Gasteiger charge is 2.27. The van der Waals surface area contributed by atoms with E-state index < -0.39 is 0 Å². The zero-order valence-electron chi connectivity index (χ0n) is 13.4. The lowest BCUT2D eigenvalue weighted by Gasteiger charge is -2.40. The van der Waals surface area contributed by atoms with Crippen molar-refractivity contribution in [3.05, 3.63) is 34.9 Å². The maximum Gasteiger partial charge on any atom is 0.0473 e. The lowest BCUT2D eigenvalue weighted by molar-refractivity contribution is 0.101. The normalized spacial score (nSPS) is 22.2. The summed E-state index contributed by atoms with van der Waals surface area (Å²) in [7, 11) is 4.45. The van der Waals surface area contributed by atoms with Crippen molar-refractivity contribution < 1.29 is 0 Å². The number of nitrogens with zero attached hydrogens (tertiary/aromatic N) is 2. The molecule has 0 saturated carbocycles. The van der Waals surface area contributed by atoms with Gasteiger partial charge in [-0.05, 0) is 58.5 Å². The molecule has 1 fully saturated rings. The maximum absolute atomic E-state index is 6.10. The smallest absolute Gasteiger partial charge is 0.0473 e. The molecular formula is C17H29N3. The third-order valence-corrected chi connectivity index (χ3v) is 4.67. The van der Waals surface area contributed by atoms with E-state index in [2.05, 4.69) is 55.9 Å². The number of nitrogens with two attached hydrogens (primary N) is 1. The lowest BCUT2D eigenvalue weighted by atomic mass is 9.95. The number of benzene rings is 1. The van der Waals surface area contributed by atoms with Gasteiger partial charge in [0.05, 0.1) is 0 Å². The summed E-state index contributed by atoms with van der Waals surface area (Å²) in [5, 5.41) is 0. The summed E-state index contributed by atoms with van der Waals surface area (Å²) in [6.45, 7) is 7.40. The molecule has 1 saturated heterocycles. The van der Waals surface area contributed by atoms with E-state index in [1.807, 2.05) is 0 Å². The highest BCUT2D eigenvalue weighted by molar-refractivity contribution is 5.33. The number of piperidine rings is 1. The molecule has 1 aliphatic heterocycles. The number of aryl methyl sites for hydroxylation is 2. The van der Waals surface area contributed by atoms with Crippen molar-refractivity contribution in [1.29, 1.82) is 0 Å². The van der Waals surface area contributed by atoms with Gasteiger partial charge in [0.15, 0.2) is 0 Å². The second kappa shape index (κ2) is 6.70. The summed E-state index contributed by atoms with van der Waals surface area (Å²) in [5.41, 5.74) is 10.2. The second-order valence-electron chi connectivity index (χ2n) is 6.34. The fourth-order valence-electron chi connectivity index (χ4n) is 3.44. The summed E-state index contributed by atoms with van der Waals surface area (Å²) < 4.78 is 0. The van der Waals surface area contributed by atoms with Gasteiger partial charge in [0, 0.05) is 25.2 Å². The van der Waals surface area contributed by atoms with Gasteiger partial charge >= 0.3 is 0 Å². The van der Waals surface area contributed by atoms with Gasteiger partial charge in [0.1, 0.15) is 0 Å². The molecule has 3 nitrogen and oxygen atoms in total. The average molecular weight is 275 g/mol. The third kappa shape index (κ3) is 3.40. The van der Waals surface area contributed by atoms with E-state index in [4.69, 9.17) is 5.73 Å². The Kier molecular flexibility index (Phi) is 5.19. The summed E-state index contributed by atoms with van der Waals surface area (Å²) >= 11 is 0. The molecule has 0 amide bonds. The molecule has 0 bridgehead atoms. The number of likely N-dealkylation sites (tertiary alicyclic amines) is 1. The summed E-state index contributed by atoms with van der Waals surface area (Å²) in [6, 6.07) is 7.66. The van der Waals surface area contributed by atoms with Crippen LogP contribution in [0.1, 0.15) is 35.6 Å². The third-order valence-electron chi connectivity index (χ3n) is 4.67. The Bertz CT molecular complexity index is 444. The minimum absolute atomic E-state index is 0.326. The summed E-state index contributed by atoms with van der Waals surface area (Å²) in [4.78, 5) is 4.92. The van der Waals surface area contributed by atoms with Crippen LogP contribution in [0.3, 0.4) is 0 Å². The number of hydrogen-bond acceptors (Lipinski definition) is 3. The predicted octanol–water partition coefficient (Wildman–Crippen LogP) is 2.33. The molecule has 1 heterocycles. The molecule has 0 spiro atoms. The first kappa shape index (κ1) is 15.5. The van der Waals surface area contributed by atoms with Crippen molar-refractivity contribution >= 4 is 0 Å². The summed E-state index contributed by atoms with van der Waals surface area (Å²) in [5.74, 6) is 0. The number of hydrogen-bond donors (Lipinski definition) is 1. The van der Waals surface area contributed by atoms with Crippen LogP contribution in [0.5, 0.6) is 0 Å². The van der Waals surface area contributed by atoms with Crippen LogP contribution in [0.25, 0.3) is 0 Å². The van der Waals surface area contributed by atoms with Gasteiger partial charge in [-0.25, -0.2) is 0 Å². The van der Waals surface area contributed by atoms with Crippen LogP contribution < -0.4 is 5.73 Å². The van der Waals surface area contributed by atoms with E-state index >= 15 is 0 Å². The molecule has 20 heavy (non-hydrogen) atoms. The molecular weight excluding hydrogens is 246 g/mol. The van der Waals surface area contributed by atoms with Crippen LogP contribution >= 0.6 is 0 Å². The van der Waals surface area contributed by atoms with Gasteiger partial charge in [-0.3, -0.25) is 4.90 Å². The van der Waals surface area contributed by atoms with Crippen LogP contribution in [0.4, 0.5) is 0 Å². The minimum atomic E-state index is 0.326. The highest BCUT2D eigenvalue weighted by Crippen LogP contribution is 2.27. The standard InChI is InChI=1S/C17H29N3/c1-13-7-8-16(14(2)10-13)17(11-18)20(4)15-6-5-9-19(3)12-15/h7-8,10,15,17H,5-6,9,11-12,18H2,1-4H3. The monoisotopic (exact) mass is 275 g/mol. The largest absolute Gasteiger partial charge is 0.329 e. The molecule has 1 aromatic rings. The van der Waals surface area contributed by atoms with Crippen LogP contribution in [-0.2, 0) is 0 Å². The van der Waals surface area contributed by atoms with E-state index in [1.54, 1.807) is 0 Å². The van der Waals surface area contributed by atoms with Crippen LogP contribution in [0.2, 0.25) is 0 Å². The molecule has 2 N–H and O–H groups in total. The van der Waals surface area contributed by atoms with Crippen molar-refractivity contribution in [3.8, 4) is 0 Å². The van der Waals surface area contributed by atoms with Crippen molar-refractivity contribution in [2.24, 2.45) is 5.73 Å². The Hall–Kier alpha value is -0.900. The SMILES string of the molecule is Cc1ccc(C(CN)N(C)C2CCCN(C)C2)c(C)c1. The molecule has 0 aliphatic carbocycles. The number of likely N-dealkylation sites (N-methyl/N-ethyl adjacent to an activating group) is 2. The molecule has 3 heteroatoms. The van der Waals surface area contributed by atoms with Crippen LogP contribution in [0.15, 0.2) is 18.2 Å². The molecule has 1 aromatic carbocycles. The molecule has 112 valence electrons. The topological polar surface area (TPSA) is 32.5 Å². The van der Waals surface area contributed by atoms with E-state index in [0.29, 0.717) is 18.6 Å². The Morgan fingerprint density at radius 2 is 2.15 bits per heavy atom. The zero-order chi connectivity index (χ0) is 14.7. The van der Waals surface area contributed by atoms with Crippen molar-refractivity contribution in [1.82, 2.24) is 9.80 Å². The van der Waals surface area contributed by atoms with E-state index in [-0.39, 0.29) is 0 Å². The quantitative estimate of drug-likeness (QED) is 0.915. The molecule has 2 rings (SSSR count). The summed E-state index contributed by atoms with van der Waals surface area (Å²) in [6.07, 6.45) is 2.57. The highest BCUT2D eigenvalue weighted by atomic mass is 15.2. The first-order valence-electron chi connectivity index (χ1n) is 7.70. The van der Waals surface area contributed by atoms with Crippen molar-refractivity contribution in [3.63, 3.8) is 0 Å². The van der Waals surface area contributed by atoms with Crippen molar-refractivity contribution in [2.75, 3.05) is 33.7 Å². The van der Waals surface area contributed by atoms with Crippen LogP contribution in [0, 0.1) is 13.8 Å². The molecule has 2 atom stereocenters. The van der Waals surface area contributed by atoms with Gasteiger partial charge in [0.2, 0.25) is 0 Å². The molecule has 0 aromatic heterocycles. The average Bonchev–Trinajstić information content (AvgIpc) is 2.41. The minimum Gasteiger partial charge on any atom is -0.329 e. The van der Waals surface area contributed by atoms with Gasteiger partial charge in [-0.15, -0.1) is 0 Å². The second-order valence-corrected chi connectivity index (χ2v) is 6.34. The first-order valence-corrected chi connectivity index (χ1v) is 7.70. The van der Waals surface area contributed by atoms with Gasteiger partial charge < -0.3 is 10.6 Å². The fourth-order valence-corrected chi connectivity index (χ4v) is 3.44. The Labute approximate surface area is 123 Å². The fraction of sp³-hybridized carbons (Fsp3) is 0.647. The first-order chi connectivity index (χ1) is 9.52. The van der Waals surface area contributed by atoms with E-state index in [0.717, 1.165) is 6.54 Å². The van der Waals surface area contributed by atoms with Gasteiger partial charge in [-0.2, -0.15) is 0 Å². The van der Waals surface area contributed by atoms with Crippen molar-refractivity contribution in [2.45, 2.75) is 38.8 Å². The predicted molar refractivity (Wildman–Crippen MR) is 86.0 cm³/mol. The Morgan fingerprint density at radius 1 is 1.40 bits per heavy atom. The molecule has 1 aliphatic rings. The van der Waals surface area contributed by atoms with E-state index in [9.17, 15) is 0 Å².